The van der Waals surface area contributed by atoms with Crippen LogP contribution in [0.1, 0.15) is 30.1 Å². The minimum absolute atomic E-state index is 0. The molecule has 2 rings (SSSR count). The third kappa shape index (κ3) is 4.73. The van der Waals surface area contributed by atoms with Crippen molar-refractivity contribution in [2.45, 2.75) is 25.8 Å². The predicted molar refractivity (Wildman–Crippen MR) is 96.1 cm³/mol. The van der Waals surface area contributed by atoms with Crippen LogP contribution in [-0.2, 0) is 0 Å². The monoisotopic (exact) mass is 373 g/mol. The minimum atomic E-state index is -0.560. The van der Waals surface area contributed by atoms with Gasteiger partial charge in [0.25, 0.3) is 11.6 Å². The predicted octanol–water partition coefficient (Wildman–Crippen LogP) is 2.25. The summed E-state index contributed by atoms with van der Waals surface area (Å²) in [6.45, 7) is 3.25. The van der Waals surface area contributed by atoms with Gasteiger partial charge in [-0.1, -0.05) is 0 Å². The van der Waals surface area contributed by atoms with Crippen molar-refractivity contribution in [1.29, 1.82) is 0 Å². The summed E-state index contributed by atoms with van der Waals surface area (Å²) in [5.74, 6) is 0.227. The van der Waals surface area contributed by atoms with E-state index in [1.807, 2.05) is 7.05 Å². The van der Waals surface area contributed by atoms with Gasteiger partial charge in [0.15, 0.2) is 11.5 Å². The van der Waals surface area contributed by atoms with Crippen molar-refractivity contribution in [1.82, 2.24) is 10.2 Å². The maximum absolute atomic E-state index is 12.8. The molecule has 1 aromatic carbocycles. The fourth-order valence-electron chi connectivity index (χ4n) is 2.84. The summed E-state index contributed by atoms with van der Waals surface area (Å²) in [6.07, 6.45) is 1.65. The number of rotatable bonds is 6. The smallest absolute Gasteiger partial charge is 0.286 e. The molecule has 0 radical (unpaired) electrons. The second-order valence-electron chi connectivity index (χ2n) is 5.57. The molecule has 0 spiro atoms. The molecule has 25 heavy (non-hydrogen) atoms. The Labute approximate surface area is 153 Å². The van der Waals surface area contributed by atoms with Crippen molar-refractivity contribution in [2.75, 3.05) is 33.9 Å². The molecule has 0 bridgehead atoms. The van der Waals surface area contributed by atoms with E-state index in [0.717, 1.165) is 12.8 Å². The third-order valence-electron chi connectivity index (χ3n) is 4.20. The van der Waals surface area contributed by atoms with Gasteiger partial charge in [0.1, 0.15) is 5.56 Å². The Balaban J connectivity index is 0.00000312. The number of ether oxygens (including phenoxy) is 2. The number of methoxy groups -OCH3 is 1. The van der Waals surface area contributed by atoms with Crippen molar-refractivity contribution in [3.63, 3.8) is 0 Å². The summed E-state index contributed by atoms with van der Waals surface area (Å²) < 4.78 is 10.6. The normalized spacial score (nSPS) is 14.6. The van der Waals surface area contributed by atoms with Crippen LogP contribution in [0.5, 0.6) is 11.5 Å². The molecule has 1 aliphatic rings. The minimum Gasteiger partial charge on any atom is -0.493 e. The van der Waals surface area contributed by atoms with Crippen LogP contribution in [0.4, 0.5) is 5.69 Å². The maximum atomic E-state index is 12.8. The number of nitro benzene ring substituents is 1. The Morgan fingerprint density at radius 3 is 2.48 bits per heavy atom. The van der Waals surface area contributed by atoms with Crippen LogP contribution in [0.25, 0.3) is 0 Å². The number of amides is 1. The highest BCUT2D eigenvalue weighted by Crippen LogP contribution is 2.35. The van der Waals surface area contributed by atoms with Gasteiger partial charge in [-0.25, -0.2) is 0 Å². The maximum Gasteiger partial charge on any atom is 0.286 e. The molecule has 9 heteroatoms. The van der Waals surface area contributed by atoms with E-state index >= 15 is 0 Å². The number of nitrogens with one attached hydrogen (secondary N) is 1. The molecule has 1 heterocycles. The molecule has 1 aliphatic heterocycles. The second-order valence-corrected chi connectivity index (χ2v) is 5.57. The van der Waals surface area contributed by atoms with Crippen molar-refractivity contribution in [3.8, 4) is 11.5 Å². The molecule has 0 saturated carbocycles. The van der Waals surface area contributed by atoms with Gasteiger partial charge in [-0.3, -0.25) is 14.9 Å². The molecule has 140 valence electrons. The number of halogens is 1. The van der Waals surface area contributed by atoms with E-state index in [2.05, 4.69) is 5.32 Å². The first kappa shape index (κ1) is 21.0. The van der Waals surface area contributed by atoms with E-state index in [-0.39, 0.29) is 35.3 Å². The number of carbonyl (C=O) groups excluding carboxylic acids is 1. The van der Waals surface area contributed by atoms with Crippen LogP contribution in [0.15, 0.2) is 12.1 Å². The van der Waals surface area contributed by atoms with E-state index in [1.165, 1.54) is 19.2 Å². The highest BCUT2D eigenvalue weighted by Gasteiger charge is 2.30. The number of likely N-dealkylation sites (tertiary alicyclic amines) is 1. The van der Waals surface area contributed by atoms with Gasteiger partial charge in [0.2, 0.25) is 0 Å². The van der Waals surface area contributed by atoms with Crippen LogP contribution in [0.3, 0.4) is 0 Å². The Kier molecular flexibility index (Phi) is 7.92. The SMILES string of the molecule is CCOc1cc([N+](=O)[O-])c(C(=O)N2CCC(NC)CC2)cc1OC.Cl. The molecule has 0 aromatic heterocycles. The van der Waals surface area contributed by atoms with Gasteiger partial charge in [-0.05, 0) is 26.8 Å². The van der Waals surface area contributed by atoms with E-state index in [1.54, 1.807) is 11.8 Å². The lowest BCUT2D eigenvalue weighted by Gasteiger charge is -2.31. The Morgan fingerprint density at radius 1 is 1.36 bits per heavy atom. The zero-order valence-corrected chi connectivity index (χ0v) is 15.4. The van der Waals surface area contributed by atoms with Crippen molar-refractivity contribution >= 4 is 24.0 Å². The van der Waals surface area contributed by atoms with E-state index in [0.29, 0.717) is 31.5 Å². The fraction of sp³-hybridized carbons (Fsp3) is 0.562. The quantitative estimate of drug-likeness (QED) is 0.607. The standard InChI is InChI=1S/C16H23N3O5.ClH/c1-4-24-15-10-13(19(21)22)12(9-14(15)23-3)16(20)18-7-5-11(17-2)6-8-18;/h9-11,17H,4-8H2,1-3H3;1H. The van der Waals surface area contributed by atoms with E-state index < -0.39 is 4.92 Å². The average Bonchev–Trinajstić information content (AvgIpc) is 2.61. The highest BCUT2D eigenvalue weighted by atomic mass is 35.5. The lowest BCUT2D eigenvalue weighted by Crippen LogP contribution is -2.44. The summed E-state index contributed by atoms with van der Waals surface area (Å²) in [7, 11) is 3.33. The fourth-order valence-corrected chi connectivity index (χ4v) is 2.84. The van der Waals surface area contributed by atoms with Gasteiger partial charge in [0, 0.05) is 25.2 Å². The number of piperidine rings is 1. The largest absolute Gasteiger partial charge is 0.493 e. The van der Waals surface area contributed by atoms with Crippen LogP contribution < -0.4 is 14.8 Å². The van der Waals surface area contributed by atoms with Crippen LogP contribution >= 0.6 is 12.4 Å². The zero-order valence-electron chi connectivity index (χ0n) is 14.6. The second kappa shape index (κ2) is 9.43. The van der Waals surface area contributed by atoms with Crippen molar-refractivity contribution in [3.05, 3.63) is 27.8 Å². The van der Waals surface area contributed by atoms with Crippen molar-refractivity contribution < 1.29 is 19.2 Å². The number of hydrogen-bond donors (Lipinski definition) is 1. The Bertz CT molecular complexity index is 618. The van der Waals surface area contributed by atoms with Gasteiger partial charge in [0.05, 0.1) is 24.7 Å². The summed E-state index contributed by atoms with van der Waals surface area (Å²) >= 11 is 0. The third-order valence-corrected chi connectivity index (χ3v) is 4.20. The summed E-state index contributed by atoms with van der Waals surface area (Å²) in [4.78, 5) is 25.2. The first-order chi connectivity index (χ1) is 11.5. The number of nitrogens with zero attached hydrogens (tertiary/aromatic N) is 2. The van der Waals surface area contributed by atoms with E-state index in [9.17, 15) is 14.9 Å². The molecule has 1 amide bonds. The molecule has 1 aromatic rings. The number of hydrogen-bond acceptors (Lipinski definition) is 6. The van der Waals surface area contributed by atoms with Crippen LogP contribution in [-0.4, -0.2) is 55.6 Å². The number of carbonyl (C=O) groups is 1. The first-order valence-corrected chi connectivity index (χ1v) is 7.97. The van der Waals surface area contributed by atoms with Gasteiger partial charge in [-0.15, -0.1) is 12.4 Å². The molecular weight excluding hydrogens is 350 g/mol. The van der Waals surface area contributed by atoms with Crippen LogP contribution in [0, 0.1) is 10.1 Å². The average molecular weight is 374 g/mol. The summed E-state index contributed by atoms with van der Waals surface area (Å²) in [5, 5.41) is 14.6. The molecular formula is C16H24ClN3O5. The van der Waals surface area contributed by atoms with E-state index in [4.69, 9.17) is 9.47 Å². The summed E-state index contributed by atoms with van der Waals surface area (Å²) in [5.41, 5.74) is -0.233. The molecule has 1 saturated heterocycles. The highest BCUT2D eigenvalue weighted by molar-refractivity contribution is 5.99. The molecule has 0 atom stereocenters. The van der Waals surface area contributed by atoms with Gasteiger partial charge < -0.3 is 19.7 Å². The number of nitro groups is 1. The zero-order chi connectivity index (χ0) is 17.7. The van der Waals surface area contributed by atoms with Crippen molar-refractivity contribution in [2.24, 2.45) is 0 Å². The molecule has 0 unspecified atom stereocenters. The molecule has 1 N–H and O–H groups in total. The topological polar surface area (TPSA) is 93.9 Å². The lowest BCUT2D eigenvalue weighted by molar-refractivity contribution is -0.385. The Morgan fingerprint density at radius 2 is 2.00 bits per heavy atom. The first-order valence-electron chi connectivity index (χ1n) is 7.97. The lowest BCUT2D eigenvalue weighted by atomic mass is 10.0. The van der Waals surface area contributed by atoms with Gasteiger partial charge >= 0.3 is 0 Å². The van der Waals surface area contributed by atoms with Gasteiger partial charge in [-0.2, -0.15) is 0 Å². The van der Waals surface area contributed by atoms with Crippen LogP contribution in [0.2, 0.25) is 0 Å². The molecule has 8 nitrogen and oxygen atoms in total. The number of benzene rings is 1. The summed E-state index contributed by atoms with van der Waals surface area (Å²) in [6, 6.07) is 3.03. The molecule has 0 aliphatic carbocycles. The Hall–Kier alpha value is -2.06. The molecule has 1 fully saturated rings.